The molecule has 0 aliphatic carbocycles. The first-order valence-corrected chi connectivity index (χ1v) is 9.59. The maximum absolute atomic E-state index is 13.3. The molecule has 0 fully saturated rings. The lowest BCUT2D eigenvalue weighted by molar-refractivity contribution is 0.465. The Morgan fingerprint density at radius 1 is 0.966 bits per heavy atom. The molecule has 5 rings (SSSR count). The maximum atomic E-state index is 13.3. The molecule has 0 unspecified atom stereocenters. The van der Waals surface area contributed by atoms with Gasteiger partial charge in [-0.25, -0.2) is 9.37 Å². The molecule has 0 N–H and O–H groups in total. The molecule has 0 bridgehead atoms. The summed E-state index contributed by atoms with van der Waals surface area (Å²) in [6.07, 6.45) is 1.41. The fourth-order valence-electron chi connectivity index (χ4n) is 2.68. The molecule has 5 aromatic rings. The SMILES string of the molecule is Fc1ccc(-c2cc(Sc3nnc(-c4ccc(Cl)cc4)o3)n3ncnc3n2)cc1. The van der Waals surface area contributed by atoms with Gasteiger partial charge in [0.05, 0.1) is 5.69 Å². The van der Waals surface area contributed by atoms with Crippen LogP contribution in [-0.4, -0.2) is 29.8 Å². The second-order valence-corrected chi connectivity index (χ2v) is 7.35. The standard InChI is InChI=1S/C19H10ClFN6OS/c20-13-5-1-12(2-6-13)17-25-26-19(28-17)29-16-9-15(11-3-7-14(21)8-4-11)24-18-22-10-23-27(16)18/h1-10H. The first kappa shape index (κ1) is 17.8. The molecular formula is C19H10ClFN6OS. The zero-order chi connectivity index (χ0) is 19.8. The van der Waals surface area contributed by atoms with Gasteiger partial charge in [0.1, 0.15) is 17.2 Å². The average molecular weight is 425 g/mol. The van der Waals surface area contributed by atoms with Crippen LogP contribution in [0.3, 0.4) is 0 Å². The normalized spacial score (nSPS) is 11.2. The monoisotopic (exact) mass is 424 g/mol. The minimum atomic E-state index is -0.313. The van der Waals surface area contributed by atoms with E-state index >= 15 is 0 Å². The van der Waals surface area contributed by atoms with E-state index in [-0.39, 0.29) is 5.82 Å². The molecule has 10 heteroatoms. The van der Waals surface area contributed by atoms with Gasteiger partial charge in [-0.2, -0.15) is 14.6 Å². The third-order valence-corrected chi connectivity index (χ3v) is 5.14. The van der Waals surface area contributed by atoms with Crippen LogP contribution in [0.5, 0.6) is 0 Å². The van der Waals surface area contributed by atoms with E-state index in [0.29, 0.717) is 32.6 Å². The molecular weight excluding hydrogens is 415 g/mol. The van der Waals surface area contributed by atoms with E-state index in [1.54, 1.807) is 40.9 Å². The molecule has 0 saturated heterocycles. The first-order chi connectivity index (χ1) is 14.2. The van der Waals surface area contributed by atoms with Gasteiger partial charge in [0.15, 0.2) is 0 Å². The third-order valence-electron chi connectivity index (χ3n) is 4.05. The second-order valence-electron chi connectivity index (χ2n) is 5.94. The number of hydrogen-bond acceptors (Lipinski definition) is 7. The Morgan fingerprint density at radius 3 is 2.52 bits per heavy atom. The van der Waals surface area contributed by atoms with Crippen molar-refractivity contribution in [1.29, 1.82) is 0 Å². The van der Waals surface area contributed by atoms with Crippen LogP contribution >= 0.6 is 23.4 Å². The molecule has 0 aliphatic rings. The van der Waals surface area contributed by atoms with E-state index in [1.165, 1.54) is 30.2 Å². The predicted molar refractivity (Wildman–Crippen MR) is 105 cm³/mol. The molecule has 0 atom stereocenters. The molecule has 0 radical (unpaired) electrons. The summed E-state index contributed by atoms with van der Waals surface area (Å²) < 4.78 is 20.6. The minimum absolute atomic E-state index is 0.313. The van der Waals surface area contributed by atoms with Gasteiger partial charge in [-0.05, 0) is 66.4 Å². The highest BCUT2D eigenvalue weighted by Crippen LogP contribution is 2.31. The van der Waals surface area contributed by atoms with Crippen molar-refractivity contribution < 1.29 is 8.81 Å². The molecule has 0 spiro atoms. The number of aromatic nitrogens is 6. The van der Waals surface area contributed by atoms with E-state index in [1.807, 2.05) is 6.07 Å². The van der Waals surface area contributed by atoms with Crippen molar-refractivity contribution in [2.75, 3.05) is 0 Å². The summed E-state index contributed by atoms with van der Waals surface area (Å²) in [6, 6.07) is 15.0. The Bertz CT molecular complexity index is 1300. The van der Waals surface area contributed by atoms with E-state index in [0.717, 1.165) is 11.1 Å². The fraction of sp³-hybridized carbons (Fsp3) is 0. The Morgan fingerprint density at radius 2 is 1.72 bits per heavy atom. The van der Waals surface area contributed by atoms with Crippen LogP contribution in [0.25, 0.3) is 28.5 Å². The third kappa shape index (κ3) is 3.57. The molecule has 3 aromatic heterocycles. The van der Waals surface area contributed by atoms with Gasteiger partial charge < -0.3 is 4.42 Å². The van der Waals surface area contributed by atoms with Gasteiger partial charge in [0.2, 0.25) is 5.89 Å². The van der Waals surface area contributed by atoms with E-state index in [9.17, 15) is 4.39 Å². The fourth-order valence-corrected chi connectivity index (χ4v) is 3.57. The lowest BCUT2D eigenvalue weighted by Crippen LogP contribution is -1.97. The van der Waals surface area contributed by atoms with Crippen LogP contribution in [0.2, 0.25) is 5.02 Å². The molecule has 7 nitrogen and oxygen atoms in total. The Balaban J connectivity index is 1.51. The molecule has 3 heterocycles. The van der Waals surface area contributed by atoms with Crippen LogP contribution in [0, 0.1) is 5.82 Å². The van der Waals surface area contributed by atoms with Gasteiger partial charge in [-0.3, -0.25) is 0 Å². The maximum Gasteiger partial charge on any atom is 0.283 e. The molecule has 0 saturated carbocycles. The van der Waals surface area contributed by atoms with Crippen molar-refractivity contribution >= 4 is 29.1 Å². The number of benzene rings is 2. The van der Waals surface area contributed by atoms with Gasteiger partial charge in [0, 0.05) is 16.1 Å². The topological polar surface area (TPSA) is 82.0 Å². The highest BCUT2D eigenvalue weighted by molar-refractivity contribution is 7.99. The summed E-state index contributed by atoms with van der Waals surface area (Å²) in [7, 11) is 0. The van der Waals surface area contributed by atoms with Crippen LogP contribution < -0.4 is 0 Å². The number of nitrogens with zero attached hydrogens (tertiary/aromatic N) is 6. The zero-order valence-electron chi connectivity index (χ0n) is 14.5. The molecule has 0 aliphatic heterocycles. The van der Waals surface area contributed by atoms with Crippen molar-refractivity contribution in [2.24, 2.45) is 0 Å². The van der Waals surface area contributed by atoms with Crippen molar-refractivity contribution in [3.05, 3.63) is 71.8 Å². The zero-order valence-corrected chi connectivity index (χ0v) is 16.1. The van der Waals surface area contributed by atoms with E-state index < -0.39 is 0 Å². The first-order valence-electron chi connectivity index (χ1n) is 8.40. The highest BCUT2D eigenvalue weighted by Gasteiger charge is 2.15. The van der Waals surface area contributed by atoms with Crippen LogP contribution in [0.15, 0.2) is 75.6 Å². The van der Waals surface area contributed by atoms with Gasteiger partial charge in [-0.1, -0.05) is 11.6 Å². The number of rotatable bonds is 4. The average Bonchev–Trinajstić information content (AvgIpc) is 3.39. The van der Waals surface area contributed by atoms with E-state index in [2.05, 4.69) is 25.3 Å². The molecule has 2 aromatic carbocycles. The Labute approximate surface area is 172 Å². The predicted octanol–water partition coefficient (Wildman–Crippen LogP) is 4.79. The number of halogens is 2. The highest BCUT2D eigenvalue weighted by atomic mass is 35.5. The molecule has 142 valence electrons. The molecule has 29 heavy (non-hydrogen) atoms. The number of hydrogen-bond donors (Lipinski definition) is 0. The van der Waals surface area contributed by atoms with E-state index in [4.69, 9.17) is 16.0 Å². The summed E-state index contributed by atoms with van der Waals surface area (Å²) in [6.45, 7) is 0. The van der Waals surface area contributed by atoms with Gasteiger partial charge in [0.25, 0.3) is 11.0 Å². The minimum Gasteiger partial charge on any atom is -0.411 e. The lowest BCUT2D eigenvalue weighted by Gasteiger charge is -2.05. The van der Waals surface area contributed by atoms with Crippen LogP contribution in [0.1, 0.15) is 0 Å². The summed E-state index contributed by atoms with van der Waals surface area (Å²) in [5.41, 5.74) is 2.15. The summed E-state index contributed by atoms with van der Waals surface area (Å²) >= 11 is 7.15. The van der Waals surface area contributed by atoms with Crippen LogP contribution in [0.4, 0.5) is 4.39 Å². The van der Waals surface area contributed by atoms with Crippen molar-refractivity contribution in [3.63, 3.8) is 0 Å². The smallest absolute Gasteiger partial charge is 0.283 e. The van der Waals surface area contributed by atoms with Gasteiger partial charge in [-0.15, -0.1) is 10.2 Å². The Hall–Kier alpha value is -3.30. The van der Waals surface area contributed by atoms with Crippen molar-refractivity contribution in [1.82, 2.24) is 29.8 Å². The largest absolute Gasteiger partial charge is 0.411 e. The lowest BCUT2D eigenvalue weighted by atomic mass is 10.1. The van der Waals surface area contributed by atoms with Gasteiger partial charge >= 0.3 is 0 Å². The summed E-state index contributed by atoms with van der Waals surface area (Å²) in [5, 5.41) is 14.0. The quantitative estimate of drug-likeness (QED) is 0.384. The molecule has 0 amide bonds. The second kappa shape index (κ2) is 7.26. The van der Waals surface area contributed by atoms with Crippen molar-refractivity contribution in [2.45, 2.75) is 10.2 Å². The number of fused-ring (bicyclic) bond motifs is 1. The summed E-state index contributed by atoms with van der Waals surface area (Å²) in [4.78, 5) is 8.63. The van der Waals surface area contributed by atoms with Crippen molar-refractivity contribution in [3.8, 4) is 22.7 Å². The Kier molecular flexibility index (Phi) is 4.45. The van der Waals surface area contributed by atoms with Crippen LogP contribution in [-0.2, 0) is 0 Å². The summed E-state index contributed by atoms with van der Waals surface area (Å²) in [5.74, 6) is 0.478.